The molecule has 0 radical (unpaired) electrons. The van der Waals surface area contributed by atoms with Crippen molar-refractivity contribution in [2.75, 3.05) is 13.1 Å². The van der Waals surface area contributed by atoms with Gasteiger partial charge in [-0.15, -0.1) is 0 Å². The lowest BCUT2D eigenvalue weighted by Gasteiger charge is -2.26. The van der Waals surface area contributed by atoms with Crippen molar-refractivity contribution >= 4 is 27.5 Å². The number of nitrogens with two attached hydrogens (primary N) is 1. The Morgan fingerprint density at radius 2 is 1.91 bits per heavy atom. The number of carbonyl (C=O) groups excluding carboxylic acids is 1. The first kappa shape index (κ1) is 25.3. The number of hydrogen-bond acceptors (Lipinski definition) is 4. The zero-order valence-electron chi connectivity index (χ0n) is 18.2. The van der Waals surface area contributed by atoms with E-state index in [1.54, 1.807) is 0 Å². The summed E-state index contributed by atoms with van der Waals surface area (Å²) in [5.41, 5.74) is 4.93. The van der Waals surface area contributed by atoms with Crippen LogP contribution in [0.25, 0.3) is 0 Å². The highest BCUT2D eigenvalue weighted by atomic mass is 35.5. The summed E-state index contributed by atoms with van der Waals surface area (Å²) in [5.74, 6) is -0.274. The molecule has 6 nitrogen and oxygen atoms in total. The number of rotatable bonds is 5. The highest BCUT2D eigenvalue weighted by molar-refractivity contribution is 7.89. The van der Waals surface area contributed by atoms with Crippen molar-refractivity contribution in [2.45, 2.75) is 63.2 Å². The molecular weight excluding hydrogens is 467 g/mol. The van der Waals surface area contributed by atoms with Gasteiger partial charge in [0, 0.05) is 19.1 Å². The van der Waals surface area contributed by atoms with E-state index in [4.69, 9.17) is 17.3 Å². The second-order valence-corrected chi connectivity index (χ2v) is 12.3. The third-order valence-corrected chi connectivity index (χ3v) is 8.51. The maximum absolute atomic E-state index is 13.1. The van der Waals surface area contributed by atoms with E-state index in [9.17, 15) is 26.4 Å². The fourth-order valence-corrected chi connectivity index (χ4v) is 6.72. The predicted molar refractivity (Wildman–Crippen MR) is 115 cm³/mol. The van der Waals surface area contributed by atoms with Crippen molar-refractivity contribution in [2.24, 2.45) is 23.0 Å². The Labute approximate surface area is 191 Å². The molecule has 0 unspecified atom stereocenters. The molecule has 1 heterocycles. The maximum atomic E-state index is 13.1. The van der Waals surface area contributed by atoms with Crippen LogP contribution in [-0.4, -0.2) is 43.8 Å². The Hall–Kier alpha value is -1.36. The lowest BCUT2D eigenvalue weighted by molar-refractivity contribution is -0.137. The molecule has 0 aromatic heterocycles. The van der Waals surface area contributed by atoms with Crippen LogP contribution in [0.15, 0.2) is 23.1 Å². The quantitative estimate of drug-likeness (QED) is 0.652. The highest BCUT2D eigenvalue weighted by Crippen LogP contribution is 2.41. The number of carbonyl (C=O) groups is 1. The number of nitrogens with zero attached hydrogens (tertiary/aromatic N) is 1. The molecule has 1 saturated carbocycles. The van der Waals surface area contributed by atoms with Crippen molar-refractivity contribution < 1.29 is 26.4 Å². The van der Waals surface area contributed by atoms with E-state index in [2.05, 4.69) is 5.32 Å². The smallest absolute Gasteiger partial charge is 0.352 e. The Morgan fingerprint density at radius 3 is 2.47 bits per heavy atom. The first-order chi connectivity index (χ1) is 14.6. The normalized spacial score (nSPS) is 25.6. The molecule has 0 spiro atoms. The number of fused-ring (bicyclic) bond motifs is 1. The van der Waals surface area contributed by atoms with E-state index in [0.29, 0.717) is 12.5 Å². The Balaban J connectivity index is 1.71. The van der Waals surface area contributed by atoms with Crippen LogP contribution in [0, 0.1) is 17.3 Å². The summed E-state index contributed by atoms with van der Waals surface area (Å²) in [5, 5.41) is 2.52. The molecular formula is C21H29ClF3N3O3S. The van der Waals surface area contributed by atoms with Gasteiger partial charge in [0.25, 0.3) is 0 Å². The van der Waals surface area contributed by atoms with Crippen LogP contribution in [0.4, 0.5) is 13.2 Å². The van der Waals surface area contributed by atoms with E-state index in [0.717, 1.165) is 25.0 Å². The Bertz CT molecular complexity index is 979. The van der Waals surface area contributed by atoms with Gasteiger partial charge in [-0.2, -0.15) is 17.5 Å². The molecule has 1 aliphatic heterocycles. The summed E-state index contributed by atoms with van der Waals surface area (Å²) in [6.07, 6.45) is -2.61. The number of benzene rings is 1. The average Bonchev–Trinajstić information content (AvgIpc) is 3.21. The first-order valence-electron chi connectivity index (χ1n) is 10.5. The molecule has 180 valence electrons. The molecule has 1 saturated heterocycles. The zero-order valence-corrected chi connectivity index (χ0v) is 19.8. The van der Waals surface area contributed by atoms with Crippen LogP contribution in [0.2, 0.25) is 5.02 Å². The van der Waals surface area contributed by atoms with E-state index < -0.39 is 32.8 Å². The number of amides is 1. The van der Waals surface area contributed by atoms with Gasteiger partial charge in [0.05, 0.1) is 16.6 Å². The van der Waals surface area contributed by atoms with Gasteiger partial charge in [0.1, 0.15) is 4.90 Å². The van der Waals surface area contributed by atoms with Crippen LogP contribution < -0.4 is 11.1 Å². The van der Waals surface area contributed by atoms with Gasteiger partial charge in [0.2, 0.25) is 15.9 Å². The second kappa shape index (κ2) is 8.77. The number of alkyl halides is 3. The van der Waals surface area contributed by atoms with Gasteiger partial charge in [-0.3, -0.25) is 4.79 Å². The zero-order chi connectivity index (χ0) is 24.1. The average molecular weight is 496 g/mol. The lowest BCUT2D eigenvalue weighted by atomic mass is 9.88. The minimum Gasteiger partial charge on any atom is -0.352 e. The topological polar surface area (TPSA) is 92.5 Å². The van der Waals surface area contributed by atoms with Gasteiger partial charge >= 0.3 is 6.18 Å². The summed E-state index contributed by atoms with van der Waals surface area (Å²) in [6.45, 7) is 6.40. The van der Waals surface area contributed by atoms with Crippen molar-refractivity contribution in [3.8, 4) is 0 Å². The molecule has 1 aromatic carbocycles. The van der Waals surface area contributed by atoms with Gasteiger partial charge in [-0.05, 0) is 54.7 Å². The van der Waals surface area contributed by atoms with Crippen molar-refractivity contribution in [1.82, 2.24) is 9.62 Å². The molecule has 4 atom stereocenters. The fraction of sp³-hybridized carbons (Fsp3) is 0.667. The van der Waals surface area contributed by atoms with E-state index >= 15 is 0 Å². The van der Waals surface area contributed by atoms with Crippen molar-refractivity contribution in [3.63, 3.8) is 0 Å². The van der Waals surface area contributed by atoms with Gasteiger partial charge < -0.3 is 11.1 Å². The predicted octanol–water partition coefficient (Wildman–Crippen LogP) is 3.64. The van der Waals surface area contributed by atoms with Crippen LogP contribution in [0.1, 0.15) is 45.6 Å². The van der Waals surface area contributed by atoms with E-state index in [1.807, 2.05) is 20.8 Å². The number of nitrogens with one attached hydrogen (secondary N) is 1. The van der Waals surface area contributed by atoms with Crippen LogP contribution in [0.3, 0.4) is 0 Å². The summed E-state index contributed by atoms with van der Waals surface area (Å²) < 4.78 is 66.1. The van der Waals surface area contributed by atoms with Crippen LogP contribution in [0.5, 0.6) is 0 Å². The fourth-order valence-electron chi connectivity index (χ4n) is 4.67. The third kappa shape index (κ3) is 5.40. The summed E-state index contributed by atoms with van der Waals surface area (Å²) in [6, 6.07) is 1.41. The summed E-state index contributed by atoms with van der Waals surface area (Å²) in [4.78, 5) is 12.2. The molecule has 2 aliphatic rings. The standard InChI is InChI=1S/C21H29ClF3N3O3S/c1-20(2,3)9-16(26)19(29)27-17-6-4-12-10-28(11-14(12)17)32(30,31)18-7-5-13(8-15(18)22)21(23,24)25/h5,7-8,12,14,16-17H,4,6,9-11,26H2,1-3H3,(H,27,29)/t12-,14+,16+,17+/m1/s1. The molecule has 32 heavy (non-hydrogen) atoms. The molecule has 2 fully saturated rings. The maximum Gasteiger partial charge on any atom is 0.416 e. The van der Waals surface area contributed by atoms with Gasteiger partial charge in [0.15, 0.2) is 0 Å². The van der Waals surface area contributed by atoms with Gasteiger partial charge in [-0.1, -0.05) is 32.4 Å². The molecule has 0 bridgehead atoms. The Morgan fingerprint density at radius 1 is 1.25 bits per heavy atom. The summed E-state index contributed by atoms with van der Waals surface area (Å²) >= 11 is 5.93. The number of sulfonamides is 1. The van der Waals surface area contributed by atoms with Crippen LogP contribution in [-0.2, 0) is 21.0 Å². The molecule has 1 aromatic rings. The van der Waals surface area contributed by atoms with Crippen LogP contribution >= 0.6 is 11.6 Å². The minimum atomic E-state index is -4.62. The highest BCUT2D eigenvalue weighted by Gasteiger charge is 2.47. The SMILES string of the molecule is CC(C)(C)C[C@H](N)C(=O)N[C@H]1CC[C@@H]2CN(S(=O)(=O)c3ccc(C(F)(F)F)cc3Cl)C[C@@H]21. The van der Waals surface area contributed by atoms with E-state index in [-0.39, 0.29) is 47.2 Å². The number of hydrogen-bond donors (Lipinski definition) is 2. The molecule has 11 heteroatoms. The molecule has 1 aliphatic carbocycles. The third-order valence-electron chi connectivity index (χ3n) is 6.20. The number of halogens is 4. The van der Waals surface area contributed by atoms with Gasteiger partial charge in [-0.25, -0.2) is 8.42 Å². The Kier molecular flexibility index (Phi) is 6.93. The summed E-state index contributed by atoms with van der Waals surface area (Å²) in [7, 11) is -4.07. The largest absolute Gasteiger partial charge is 0.416 e. The second-order valence-electron chi connectivity index (χ2n) is 9.95. The van der Waals surface area contributed by atoms with E-state index in [1.165, 1.54) is 4.31 Å². The minimum absolute atomic E-state index is 0.0575. The monoisotopic (exact) mass is 495 g/mol. The first-order valence-corrected chi connectivity index (χ1v) is 12.3. The molecule has 3 N–H and O–H groups in total. The van der Waals surface area contributed by atoms with Crippen molar-refractivity contribution in [1.29, 1.82) is 0 Å². The van der Waals surface area contributed by atoms with Crippen molar-refractivity contribution in [3.05, 3.63) is 28.8 Å². The lowest BCUT2D eigenvalue weighted by Crippen LogP contribution is -2.48. The molecule has 3 rings (SSSR count). The molecule has 1 amide bonds.